The summed E-state index contributed by atoms with van der Waals surface area (Å²) >= 11 is 0. The number of aromatic nitrogens is 2. The van der Waals surface area contributed by atoms with Crippen molar-refractivity contribution in [3.8, 4) is 0 Å². The van der Waals surface area contributed by atoms with Crippen LogP contribution in [0.3, 0.4) is 0 Å². The first-order valence-electron chi connectivity index (χ1n) is 7.81. The Hall–Kier alpha value is -2.63. The quantitative estimate of drug-likeness (QED) is 0.867. The maximum atomic E-state index is 12.2. The summed E-state index contributed by atoms with van der Waals surface area (Å²) in [5.74, 6) is -0.108. The SMILES string of the molecule is O=C1CCC(C(=O)NCc2ccccc2Cn2cccn2)CN1. The molecule has 120 valence electrons. The van der Waals surface area contributed by atoms with Gasteiger partial charge in [0.05, 0.1) is 12.5 Å². The van der Waals surface area contributed by atoms with Crippen LogP contribution in [-0.4, -0.2) is 28.1 Å². The van der Waals surface area contributed by atoms with Crippen LogP contribution in [0, 0.1) is 5.92 Å². The number of benzene rings is 1. The van der Waals surface area contributed by atoms with E-state index in [4.69, 9.17) is 0 Å². The summed E-state index contributed by atoms with van der Waals surface area (Å²) < 4.78 is 1.86. The fraction of sp³-hybridized carbons (Fsp3) is 0.353. The predicted molar refractivity (Wildman–Crippen MR) is 85.4 cm³/mol. The minimum atomic E-state index is -0.133. The lowest BCUT2D eigenvalue weighted by molar-refractivity contribution is -0.129. The highest BCUT2D eigenvalue weighted by Crippen LogP contribution is 2.13. The Labute approximate surface area is 134 Å². The number of nitrogens with zero attached hydrogens (tertiary/aromatic N) is 2. The van der Waals surface area contributed by atoms with Crippen molar-refractivity contribution >= 4 is 11.8 Å². The van der Waals surface area contributed by atoms with Gasteiger partial charge in [0.1, 0.15) is 0 Å². The molecule has 1 saturated heterocycles. The summed E-state index contributed by atoms with van der Waals surface area (Å²) in [5, 5.41) is 9.94. The number of rotatable bonds is 5. The van der Waals surface area contributed by atoms with E-state index in [1.54, 1.807) is 6.20 Å². The van der Waals surface area contributed by atoms with Gasteiger partial charge in [-0.3, -0.25) is 14.3 Å². The van der Waals surface area contributed by atoms with Gasteiger partial charge in [-0.05, 0) is 23.6 Å². The molecule has 0 saturated carbocycles. The molecule has 3 rings (SSSR count). The molecule has 1 aromatic heterocycles. The summed E-state index contributed by atoms with van der Waals surface area (Å²) in [6.07, 6.45) is 4.71. The van der Waals surface area contributed by atoms with E-state index in [-0.39, 0.29) is 17.7 Å². The van der Waals surface area contributed by atoms with Gasteiger partial charge in [0.2, 0.25) is 11.8 Å². The van der Waals surface area contributed by atoms with Gasteiger partial charge in [-0.15, -0.1) is 0 Å². The van der Waals surface area contributed by atoms with Gasteiger partial charge in [0.25, 0.3) is 0 Å². The van der Waals surface area contributed by atoms with Gasteiger partial charge in [0.15, 0.2) is 0 Å². The number of carbonyl (C=O) groups excluding carboxylic acids is 2. The van der Waals surface area contributed by atoms with Gasteiger partial charge in [0, 0.05) is 31.9 Å². The zero-order valence-corrected chi connectivity index (χ0v) is 12.9. The first-order valence-corrected chi connectivity index (χ1v) is 7.81. The predicted octanol–water partition coefficient (Wildman–Crippen LogP) is 1.07. The molecule has 6 nitrogen and oxygen atoms in total. The van der Waals surface area contributed by atoms with E-state index in [0.717, 1.165) is 11.1 Å². The third kappa shape index (κ3) is 3.97. The number of piperidine rings is 1. The molecule has 1 atom stereocenters. The van der Waals surface area contributed by atoms with Crippen LogP contribution in [0.4, 0.5) is 0 Å². The Balaban J connectivity index is 1.59. The number of amides is 2. The minimum absolute atomic E-state index is 0.00103. The van der Waals surface area contributed by atoms with Crippen molar-refractivity contribution in [3.63, 3.8) is 0 Å². The molecule has 2 N–H and O–H groups in total. The molecule has 0 bridgehead atoms. The van der Waals surface area contributed by atoms with Gasteiger partial charge < -0.3 is 10.6 Å². The summed E-state index contributed by atoms with van der Waals surface area (Å²) in [5.41, 5.74) is 2.21. The highest BCUT2D eigenvalue weighted by atomic mass is 16.2. The lowest BCUT2D eigenvalue weighted by atomic mass is 9.98. The maximum absolute atomic E-state index is 12.2. The van der Waals surface area contributed by atoms with Crippen molar-refractivity contribution in [1.29, 1.82) is 0 Å². The largest absolute Gasteiger partial charge is 0.355 e. The van der Waals surface area contributed by atoms with Crippen molar-refractivity contribution < 1.29 is 9.59 Å². The van der Waals surface area contributed by atoms with E-state index >= 15 is 0 Å². The summed E-state index contributed by atoms with van der Waals surface area (Å²) in [4.78, 5) is 23.4. The monoisotopic (exact) mass is 312 g/mol. The fourth-order valence-electron chi connectivity index (χ4n) is 2.74. The number of carbonyl (C=O) groups is 2. The normalized spacial score (nSPS) is 17.6. The Morgan fingerprint density at radius 1 is 1.30 bits per heavy atom. The van der Waals surface area contributed by atoms with Gasteiger partial charge in [-0.1, -0.05) is 24.3 Å². The average Bonchev–Trinajstić information content (AvgIpc) is 3.07. The third-order valence-corrected chi connectivity index (χ3v) is 4.10. The van der Waals surface area contributed by atoms with Crippen molar-refractivity contribution in [2.24, 2.45) is 5.92 Å². The number of nitrogens with one attached hydrogen (secondary N) is 2. The van der Waals surface area contributed by atoms with E-state index in [1.807, 2.05) is 41.2 Å². The van der Waals surface area contributed by atoms with E-state index < -0.39 is 0 Å². The minimum Gasteiger partial charge on any atom is -0.355 e. The van der Waals surface area contributed by atoms with E-state index in [0.29, 0.717) is 32.5 Å². The van der Waals surface area contributed by atoms with Gasteiger partial charge >= 0.3 is 0 Å². The first kappa shape index (κ1) is 15.3. The Kier molecular flexibility index (Phi) is 4.71. The van der Waals surface area contributed by atoms with Crippen molar-refractivity contribution in [1.82, 2.24) is 20.4 Å². The van der Waals surface area contributed by atoms with Crippen LogP contribution >= 0.6 is 0 Å². The molecule has 2 heterocycles. The molecule has 0 aliphatic carbocycles. The smallest absolute Gasteiger partial charge is 0.225 e. The lowest BCUT2D eigenvalue weighted by Crippen LogP contribution is -2.42. The fourth-order valence-corrected chi connectivity index (χ4v) is 2.74. The van der Waals surface area contributed by atoms with Gasteiger partial charge in [-0.25, -0.2) is 0 Å². The maximum Gasteiger partial charge on any atom is 0.225 e. The second kappa shape index (κ2) is 7.09. The second-order valence-electron chi connectivity index (χ2n) is 5.73. The first-order chi connectivity index (χ1) is 11.2. The average molecular weight is 312 g/mol. The van der Waals surface area contributed by atoms with Crippen molar-refractivity contribution in [2.75, 3.05) is 6.54 Å². The molecule has 1 aromatic carbocycles. The van der Waals surface area contributed by atoms with E-state index in [2.05, 4.69) is 15.7 Å². The second-order valence-corrected chi connectivity index (χ2v) is 5.73. The molecular formula is C17H20N4O2. The lowest BCUT2D eigenvalue weighted by Gasteiger charge is -2.22. The Morgan fingerprint density at radius 3 is 2.83 bits per heavy atom. The van der Waals surface area contributed by atoms with Crippen LogP contribution in [0.1, 0.15) is 24.0 Å². The summed E-state index contributed by atoms with van der Waals surface area (Å²) in [7, 11) is 0. The van der Waals surface area contributed by atoms with Crippen LogP contribution in [0.2, 0.25) is 0 Å². The number of hydrogen-bond acceptors (Lipinski definition) is 3. The van der Waals surface area contributed by atoms with E-state index in [1.165, 1.54) is 0 Å². The molecular weight excluding hydrogens is 292 g/mol. The zero-order chi connectivity index (χ0) is 16.1. The van der Waals surface area contributed by atoms with Gasteiger partial charge in [-0.2, -0.15) is 5.10 Å². The molecule has 0 spiro atoms. The van der Waals surface area contributed by atoms with Crippen LogP contribution < -0.4 is 10.6 Å². The molecule has 1 aliphatic rings. The molecule has 1 fully saturated rings. The van der Waals surface area contributed by atoms with Crippen molar-refractivity contribution in [3.05, 3.63) is 53.9 Å². The molecule has 6 heteroatoms. The third-order valence-electron chi connectivity index (χ3n) is 4.10. The molecule has 1 unspecified atom stereocenters. The molecule has 2 amide bonds. The summed E-state index contributed by atoms with van der Waals surface area (Å²) in [6.45, 7) is 1.60. The van der Waals surface area contributed by atoms with Crippen molar-refractivity contribution in [2.45, 2.75) is 25.9 Å². The Morgan fingerprint density at radius 2 is 2.13 bits per heavy atom. The topological polar surface area (TPSA) is 76.0 Å². The molecule has 23 heavy (non-hydrogen) atoms. The van der Waals surface area contributed by atoms with Crippen LogP contribution in [0.5, 0.6) is 0 Å². The van der Waals surface area contributed by atoms with Crippen LogP contribution in [0.15, 0.2) is 42.7 Å². The number of hydrogen-bond donors (Lipinski definition) is 2. The van der Waals surface area contributed by atoms with Crippen LogP contribution in [-0.2, 0) is 22.7 Å². The Bertz CT molecular complexity index is 672. The molecule has 0 radical (unpaired) electrons. The highest BCUT2D eigenvalue weighted by molar-refractivity contribution is 5.83. The zero-order valence-electron chi connectivity index (χ0n) is 12.9. The molecule has 1 aliphatic heterocycles. The molecule has 2 aromatic rings. The highest BCUT2D eigenvalue weighted by Gasteiger charge is 2.24. The standard InChI is InChI=1S/C17H20N4O2/c22-16-7-6-14(11-18-16)17(23)19-10-13-4-1-2-5-15(13)12-21-9-3-8-20-21/h1-5,8-9,14H,6-7,10-12H2,(H,18,22)(H,19,23). The van der Waals surface area contributed by atoms with Crippen LogP contribution in [0.25, 0.3) is 0 Å². The van der Waals surface area contributed by atoms with E-state index in [9.17, 15) is 9.59 Å². The summed E-state index contributed by atoms with van der Waals surface area (Å²) in [6, 6.07) is 9.91.